The summed E-state index contributed by atoms with van der Waals surface area (Å²) in [7, 11) is 0. The van der Waals surface area contributed by atoms with Crippen molar-refractivity contribution >= 4 is 46.4 Å². The van der Waals surface area contributed by atoms with Crippen LogP contribution in [0.1, 0.15) is 20.0 Å². The van der Waals surface area contributed by atoms with E-state index in [2.05, 4.69) is 10.6 Å². The highest BCUT2D eigenvalue weighted by Crippen LogP contribution is 2.11. The van der Waals surface area contributed by atoms with Crippen molar-refractivity contribution in [3.05, 3.63) is 58.3 Å². The molecule has 0 spiro atoms. The summed E-state index contributed by atoms with van der Waals surface area (Å²) in [5.74, 6) is -0.701. The van der Waals surface area contributed by atoms with Crippen LogP contribution in [0.15, 0.2) is 47.8 Å². The molecule has 0 fully saturated rings. The van der Waals surface area contributed by atoms with E-state index in [0.29, 0.717) is 10.4 Å². The molecule has 0 saturated carbocycles. The molecular weight excluding hydrogens is 331 g/mol. The smallest absolute Gasteiger partial charge is 0.263 e. The molecule has 0 saturated heterocycles. The average Bonchev–Trinajstić information content (AvgIpc) is 3.01. The number of halogens is 2. The quantitative estimate of drug-likeness (QED) is 0.648. The lowest BCUT2D eigenvalue weighted by Crippen LogP contribution is -2.51. The van der Waals surface area contributed by atoms with Gasteiger partial charge in [0.2, 0.25) is 0 Å². The molecule has 2 amide bonds. The molecule has 1 aromatic heterocycles. The van der Waals surface area contributed by atoms with E-state index in [1.165, 1.54) is 11.3 Å². The molecule has 0 radical (unpaired) electrons. The first-order valence-corrected chi connectivity index (χ1v) is 7.81. The molecule has 2 N–H and O–H groups in total. The number of alkyl halides is 2. The maximum Gasteiger partial charge on any atom is 0.263 e. The normalized spacial score (nSPS) is 12.0. The summed E-state index contributed by atoms with van der Waals surface area (Å²) in [4.78, 5) is 23.6. The van der Waals surface area contributed by atoms with Crippen LogP contribution in [0.3, 0.4) is 0 Å². The van der Waals surface area contributed by atoms with Gasteiger partial charge in [0.1, 0.15) is 11.0 Å². The van der Waals surface area contributed by atoms with Crippen LogP contribution in [0.2, 0.25) is 0 Å². The van der Waals surface area contributed by atoms with Crippen LogP contribution in [0.25, 0.3) is 0 Å². The first-order chi connectivity index (χ1) is 10.1. The number of amides is 2. The van der Waals surface area contributed by atoms with E-state index in [0.717, 1.165) is 0 Å². The van der Waals surface area contributed by atoms with E-state index in [1.54, 1.807) is 47.8 Å². The third-order valence-electron chi connectivity index (χ3n) is 2.61. The van der Waals surface area contributed by atoms with Crippen LogP contribution >= 0.6 is 34.5 Å². The average molecular weight is 343 g/mol. The molecule has 110 valence electrons. The van der Waals surface area contributed by atoms with Gasteiger partial charge in [-0.3, -0.25) is 9.59 Å². The standard InChI is InChI=1S/C14H12Cl2N2O2S/c15-11(16)12(18-14(20)10-7-4-8-21-10)17-13(19)9-5-2-1-3-6-9/h1-8,11-12H,(H,17,19)(H,18,20). The first-order valence-electron chi connectivity index (χ1n) is 6.06. The molecule has 2 rings (SSSR count). The Balaban J connectivity index is 2.03. The molecule has 0 aliphatic carbocycles. The number of benzene rings is 1. The van der Waals surface area contributed by atoms with Gasteiger partial charge in [0, 0.05) is 5.56 Å². The van der Waals surface area contributed by atoms with E-state index >= 15 is 0 Å². The topological polar surface area (TPSA) is 58.2 Å². The number of nitrogens with one attached hydrogen (secondary N) is 2. The van der Waals surface area contributed by atoms with E-state index in [-0.39, 0.29) is 11.8 Å². The minimum absolute atomic E-state index is 0.338. The van der Waals surface area contributed by atoms with Gasteiger partial charge in [0.05, 0.1) is 4.88 Å². The van der Waals surface area contributed by atoms with Gasteiger partial charge in [-0.05, 0) is 23.6 Å². The Morgan fingerprint density at radius 1 is 0.952 bits per heavy atom. The Kier molecular flexibility index (Phi) is 5.61. The number of hydrogen-bond acceptors (Lipinski definition) is 3. The van der Waals surface area contributed by atoms with E-state index < -0.39 is 11.0 Å². The molecule has 0 aliphatic rings. The van der Waals surface area contributed by atoms with Crippen molar-refractivity contribution in [1.82, 2.24) is 10.6 Å². The summed E-state index contributed by atoms with van der Waals surface area (Å²) in [5, 5.41) is 6.97. The summed E-state index contributed by atoms with van der Waals surface area (Å²) in [6.45, 7) is 0. The summed E-state index contributed by atoms with van der Waals surface area (Å²) in [6, 6.07) is 12.0. The fourth-order valence-electron chi connectivity index (χ4n) is 1.60. The SMILES string of the molecule is O=C(NC(NC(=O)c1cccs1)C(Cl)Cl)c1ccccc1. The number of carbonyl (C=O) groups is 2. The van der Waals surface area contributed by atoms with Crippen molar-refractivity contribution in [3.8, 4) is 0 Å². The Labute approximate surface area is 136 Å². The largest absolute Gasteiger partial charge is 0.329 e. The minimum Gasteiger partial charge on any atom is -0.329 e. The predicted molar refractivity (Wildman–Crippen MR) is 85.0 cm³/mol. The van der Waals surface area contributed by atoms with Crippen molar-refractivity contribution in [1.29, 1.82) is 0 Å². The van der Waals surface area contributed by atoms with Gasteiger partial charge in [-0.2, -0.15) is 0 Å². The summed E-state index contributed by atoms with van der Waals surface area (Å²) in [5.41, 5.74) is 0.460. The molecular formula is C14H12Cl2N2O2S. The zero-order valence-electron chi connectivity index (χ0n) is 10.8. The highest BCUT2D eigenvalue weighted by atomic mass is 35.5. The Hall–Kier alpha value is -1.56. The molecule has 2 aromatic rings. The van der Waals surface area contributed by atoms with Gasteiger partial charge in [0.25, 0.3) is 11.8 Å². The third-order valence-corrected chi connectivity index (χ3v) is 3.98. The fourth-order valence-corrected chi connectivity index (χ4v) is 2.48. The van der Waals surface area contributed by atoms with Crippen molar-refractivity contribution < 1.29 is 9.59 Å². The van der Waals surface area contributed by atoms with Crippen LogP contribution in [-0.4, -0.2) is 22.8 Å². The van der Waals surface area contributed by atoms with Crippen LogP contribution < -0.4 is 10.6 Å². The molecule has 21 heavy (non-hydrogen) atoms. The Morgan fingerprint density at radius 3 is 2.19 bits per heavy atom. The Morgan fingerprint density at radius 2 is 1.62 bits per heavy atom. The second kappa shape index (κ2) is 7.45. The van der Waals surface area contributed by atoms with Crippen molar-refractivity contribution in [2.45, 2.75) is 11.0 Å². The molecule has 0 aliphatic heterocycles. The van der Waals surface area contributed by atoms with E-state index in [4.69, 9.17) is 23.2 Å². The highest BCUT2D eigenvalue weighted by molar-refractivity contribution is 7.12. The maximum atomic E-state index is 12.1. The summed E-state index contributed by atoms with van der Waals surface area (Å²) in [6.07, 6.45) is -0.879. The Bertz CT molecular complexity index is 603. The van der Waals surface area contributed by atoms with E-state index in [1.807, 2.05) is 0 Å². The zero-order chi connectivity index (χ0) is 15.2. The number of thiophene rings is 1. The maximum absolute atomic E-state index is 12.1. The highest BCUT2D eigenvalue weighted by Gasteiger charge is 2.23. The van der Waals surface area contributed by atoms with Crippen LogP contribution in [-0.2, 0) is 0 Å². The predicted octanol–water partition coefficient (Wildman–Crippen LogP) is 3.04. The van der Waals surface area contributed by atoms with Gasteiger partial charge >= 0.3 is 0 Å². The van der Waals surface area contributed by atoms with Crippen LogP contribution in [0.5, 0.6) is 0 Å². The number of carbonyl (C=O) groups excluding carboxylic acids is 2. The molecule has 1 atom stereocenters. The van der Waals surface area contributed by atoms with Gasteiger partial charge in [-0.1, -0.05) is 24.3 Å². The molecule has 0 bridgehead atoms. The molecule has 1 unspecified atom stereocenters. The lowest BCUT2D eigenvalue weighted by atomic mass is 10.2. The van der Waals surface area contributed by atoms with E-state index in [9.17, 15) is 9.59 Å². The van der Waals surface area contributed by atoms with Gasteiger partial charge in [0.15, 0.2) is 0 Å². The fraction of sp³-hybridized carbons (Fsp3) is 0.143. The number of hydrogen-bond donors (Lipinski definition) is 2. The molecule has 7 heteroatoms. The second-order valence-corrected chi connectivity index (χ2v) is 6.21. The van der Waals surface area contributed by atoms with Crippen LogP contribution in [0, 0.1) is 0 Å². The molecule has 1 heterocycles. The van der Waals surface area contributed by atoms with Crippen molar-refractivity contribution in [2.24, 2.45) is 0 Å². The summed E-state index contributed by atoms with van der Waals surface area (Å²) < 4.78 is 0. The van der Waals surface area contributed by atoms with Crippen molar-refractivity contribution in [3.63, 3.8) is 0 Å². The lowest BCUT2D eigenvalue weighted by Gasteiger charge is -2.20. The second-order valence-electron chi connectivity index (χ2n) is 4.10. The van der Waals surface area contributed by atoms with Crippen LogP contribution in [0.4, 0.5) is 0 Å². The van der Waals surface area contributed by atoms with Crippen molar-refractivity contribution in [2.75, 3.05) is 0 Å². The monoisotopic (exact) mass is 342 g/mol. The zero-order valence-corrected chi connectivity index (χ0v) is 13.1. The third kappa shape index (κ3) is 4.46. The molecule has 1 aromatic carbocycles. The van der Waals surface area contributed by atoms with Gasteiger partial charge < -0.3 is 10.6 Å². The minimum atomic E-state index is -0.971. The number of rotatable bonds is 5. The van der Waals surface area contributed by atoms with Gasteiger partial charge in [-0.15, -0.1) is 34.5 Å². The first kappa shape index (κ1) is 15.8. The molecule has 4 nitrogen and oxygen atoms in total. The van der Waals surface area contributed by atoms with Gasteiger partial charge in [-0.25, -0.2) is 0 Å². The lowest BCUT2D eigenvalue weighted by molar-refractivity contribution is 0.0891. The summed E-state index contributed by atoms with van der Waals surface area (Å²) >= 11 is 12.9.